The van der Waals surface area contributed by atoms with Gasteiger partial charge in [-0.1, -0.05) is 6.07 Å². The first-order valence-electron chi connectivity index (χ1n) is 3.40. The standard InChI is InChI=1S/C8H5IN2O/c9-8-6(5-12)10-7-3-1-2-4-11(7)8/h1-5H. The predicted molar refractivity (Wildman–Crippen MR) is 53.3 cm³/mol. The van der Waals surface area contributed by atoms with Crippen molar-refractivity contribution in [3.05, 3.63) is 33.8 Å². The van der Waals surface area contributed by atoms with Gasteiger partial charge in [-0.05, 0) is 34.7 Å². The Labute approximate surface area is 82.6 Å². The molecule has 0 fully saturated rings. The van der Waals surface area contributed by atoms with E-state index in [0.29, 0.717) is 5.69 Å². The molecule has 12 heavy (non-hydrogen) atoms. The van der Waals surface area contributed by atoms with Crippen molar-refractivity contribution in [3.8, 4) is 0 Å². The third kappa shape index (κ3) is 1.03. The largest absolute Gasteiger partial charge is 0.296 e. The molecular formula is C8H5IN2O. The number of hydrogen-bond donors (Lipinski definition) is 0. The van der Waals surface area contributed by atoms with E-state index in [-0.39, 0.29) is 0 Å². The maximum absolute atomic E-state index is 10.5. The second-order valence-corrected chi connectivity index (χ2v) is 3.36. The highest BCUT2D eigenvalue weighted by Gasteiger charge is 2.06. The van der Waals surface area contributed by atoms with Crippen LogP contribution in [0.15, 0.2) is 24.4 Å². The van der Waals surface area contributed by atoms with Gasteiger partial charge in [-0.15, -0.1) is 0 Å². The summed E-state index contributed by atoms with van der Waals surface area (Å²) in [7, 11) is 0. The minimum Gasteiger partial charge on any atom is -0.296 e. The molecule has 2 heterocycles. The van der Waals surface area contributed by atoms with Crippen LogP contribution >= 0.6 is 22.6 Å². The maximum Gasteiger partial charge on any atom is 0.171 e. The van der Waals surface area contributed by atoms with Crippen LogP contribution in [-0.2, 0) is 0 Å². The van der Waals surface area contributed by atoms with Gasteiger partial charge in [0.15, 0.2) is 6.29 Å². The van der Waals surface area contributed by atoms with E-state index in [2.05, 4.69) is 27.6 Å². The van der Waals surface area contributed by atoms with Crippen molar-refractivity contribution >= 4 is 34.5 Å². The number of carbonyl (C=O) groups is 1. The van der Waals surface area contributed by atoms with Crippen molar-refractivity contribution in [2.24, 2.45) is 0 Å². The van der Waals surface area contributed by atoms with E-state index in [1.807, 2.05) is 28.8 Å². The molecule has 0 N–H and O–H groups in total. The summed E-state index contributed by atoms with van der Waals surface area (Å²) >= 11 is 2.10. The Morgan fingerprint density at radius 1 is 1.50 bits per heavy atom. The fourth-order valence-corrected chi connectivity index (χ4v) is 1.71. The van der Waals surface area contributed by atoms with Crippen LogP contribution in [0.3, 0.4) is 0 Å². The molecule has 60 valence electrons. The van der Waals surface area contributed by atoms with Crippen molar-refractivity contribution < 1.29 is 4.79 Å². The highest BCUT2D eigenvalue weighted by Crippen LogP contribution is 2.12. The van der Waals surface area contributed by atoms with Crippen LogP contribution in [0.25, 0.3) is 5.65 Å². The Hall–Kier alpha value is -0.910. The summed E-state index contributed by atoms with van der Waals surface area (Å²) in [5, 5.41) is 0. The van der Waals surface area contributed by atoms with Crippen molar-refractivity contribution in [2.45, 2.75) is 0 Å². The van der Waals surface area contributed by atoms with Crippen LogP contribution in [0.2, 0.25) is 0 Å². The molecule has 0 aliphatic rings. The molecule has 0 saturated heterocycles. The molecule has 2 rings (SSSR count). The summed E-state index contributed by atoms with van der Waals surface area (Å²) in [6.07, 6.45) is 2.66. The third-order valence-corrected chi connectivity index (χ3v) is 2.68. The summed E-state index contributed by atoms with van der Waals surface area (Å²) in [6.45, 7) is 0. The van der Waals surface area contributed by atoms with Crippen LogP contribution in [0.5, 0.6) is 0 Å². The van der Waals surface area contributed by atoms with Gasteiger partial charge in [0.1, 0.15) is 15.0 Å². The third-order valence-electron chi connectivity index (χ3n) is 1.61. The second-order valence-electron chi connectivity index (χ2n) is 2.33. The summed E-state index contributed by atoms with van der Waals surface area (Å²) in [5.74, 6) is 0. The Morgan fingerprint density at radius 2 is 2.33 bits per heavy atom. The van der Waals surface area contributed by atoms with Gasteiger partial charge < -0.3 is 0 Å². The van der Waals surface area contributed by atoms with Crippen LogP contribution in [0.1, 0.15) is 10.5 Å². The van der Waals surface area contributed by atoms with Crippen molar-refractivity contribution in [3.63, 3.8) is 0 Å². The quantitative estimate of drug-likeness (QED) is 0.585. The number of hydrogen-bond acceptors (Lipinski definition) is 2. The topological polar surface area (TPSA) is 34.4 Å². The molecule has 0 spiro atoms. The lowest BCUT2D eigenvalue weighted by Gasteiger charge is -1.90. The lowest BCUT2D eigenvalue weighted by molar-refractivity contribution is 0.111. The number of nitrogens with zero attached hydrogens (tertiary/aromatic N) is 2. The zero-order chi connectivity index (χ0) is 8.55. The zero-order valence-electron chi connectivity index (χ0n) is 6.07. The van der Waals surface area contributed by atoms with E-state index in [0.717, 1.165) is 15.6 Å². The lowest BCUT2D eigenvalue weighted by atomic mass is 10.5. The number of imidazole rings is 1. The molecule has 0 aromatic carbocycles. The van der Waals surface area contributed by atoms with Crippen molar-refractivity contribution in [2.75, 3.05) is 0 Å². The Bertz CT molecular complexity index is 436. The van der Waals surface area contributed by atoms with Gasteiger partial charge in [-0.3, -0.25) is 9.20 Å². The molecule has 0 amide bonds. The summed E-state index contributed by atoms with van der Waals surface area (Å²) in [4.78, 5) is 14.6. The average molecular weight is 272 g/mol. The molecule has 2 aromatic rings. The first kappa shape index (κ1) is 7.72. The molecule has 2 aromatic heterocycles. The van der Waals surface area contributed by atoms with E-state index in [1.165, 1.54) is 0 Å². The van der Waals surface area contributed by atoms with Gasteiger partial charge in [0.05, 0.1) is 0 Å². The summed E-state index contributed by atoms with van der Waals surface area (Å²) < 4.78 is 2.74. The molecule has 0 radical (unpaired) electrons. The minimum atomic E-state index is 0.502. The van der Waals surface area contributed by atoms with Gasteiger partial charge in [0.25, 0.3) is 0 Å². The van der Waals surface area contributed by atoms with E-state index in [1.54, 1.807) is 0 Å². The van der Waals surface area contributed by atoms with Gasteiger partial charge in [0.2, 0.25) is 0 Å². The number of halogens is 1. The van der Waals surface area contributed by atoms with Gasteiger partial charge >= 0.3 is 0 Å². The highest BCUT2D eigenvalue weighted by molar-refractivity contribution is 14.1. The Morgan fingerprint density at radius 3 is 3.00 bits per heavy atom. The van der Waals surface area contributed by atoms with E-state index in [9.17, 15) is 4.79 Å². The zero-order valence-corrected chi connectivity index (χ0v) is 8.22. The lowest BCUT2D eigenvalue weighted by Crippen LogP contribution is -1.86. The fourth-order valence-electron chi connectivity index (χ4n) is 1.06. The fraction of sp³-hybridized carbons (Fsp3) is 0. The molecule has 3 nitrogen and oxygen atoms in total. The van der Waals surface area contributed by atoms with Crippen molar-refractivity contribution in [1.82, 2.24) is 9.38 Å². The van der Waals surface area contributed by atoms with Gasteiger partial charge in [0, 0.05) is 6.20 Å². The highest BCUT2D eigenvalue weighted by atomic mass is 127. The molecule has 0 bridgehead atoms. The average Bonchev–Trinajstić information content (AvgIpc) is 2.44. The van der Waals surface area contributed by atoms with E-state index < -0.39 is 0 Å². The minimum absolute atomic E-state index is 0.502. The first-order chi connectivity index (χ1) is 5.83. The number of aldehydes is 1. The number of rotatable bonds is 1. The van der Waals surface area contributed by atoms with Gasteiger partial charge in [-0.2, -0.15) is 0 Å². The smallest absolute Gasteiger partial charge is 0.171 e. The van der Waals surface area contributed by atoms with Crippen LogP contribution in [0.4, 0.5) is 0 Å². The first-order valence-corrected chi connectivity index (χ1v) is 4.48. The molecule has 4 heteroatoms. The molecule has 0 saturated carbocycles. The molecule has 0 unspecified atom stereocenters. The second kappa shape index (κ2) is 2.85. The molecule has 0 atom stereocenters. The normalized spacial score (nSPS) is 10.4. The number of pyridine rings is 1. The Balaban J connectivity index is 2.87. The van der Waals surface area contributed by atoms with Crippen LogP contribution < -0.4 is 0 Å². The Kier molecular flexibility index (Phi) is 1.84. The maximum atomic E-state index is 10.5. The summed E-state index contributed by atoms with van der Waals surface area (Å²) in [6, 6.07) is 5.67. The molecule has 0 aliphatic carbocycles. The van der Waals surface area contributed by atoms with Crippen LogP contribution in [-0.4, -0.2) is 15.7 Å². The number of fused-ring (bicyclic) bond motifs is 1. The SMILES string of the molecule is O=Cc1nc2ccccn2c1I. The summed E-state index contributed by atoms with van der Waals surface area (Å²) in [5.41, 5.74) is 1.31. The van der Waals surface area contributed by atoms with E-state index in [4.69, 9.17) is 0 Å². The predicted octanol–water partition coefficient (Wildman–Crippen LogP) is 1.75. The molecule has 0 aliphatic heterocycles. The number of aromatic nitrogens is 2. The van der Waals surface area contributed by atoms with Crippen molar-refractivity contribution in [1.29, 1.82) is 0 Å². The van der Waals surface area contributed by atoms with Gasteiger partial charge in [-0.25, -0.2) is 4.98 Å². The van der Waals surface area contributed by atoms with Crippen LogP contribution in [0, 0.1) is 3.70 Å². The molecular weight excluding hydrogens is 267 g/mol. The monoisotopic (exact) mass is 272 g/mol. The number of carbonyl (C=O) groups excluding carboxylic acids is 1. The van der Waals surface area contributed by atoms with E-state index >= 15 is 0 Å².